The van der Waals surface area contributed by atoms with Gasteiger partial charge in [0.1, 0.15) is 11.9 Å². The van der Waals surface area contributed by atoms with Crippen molar-refractivity contribution in [3.05, 3.63) is 29.8 Å². The van der Waals surface area contributed by atoms with Crippen molar-refractivity contribution in [2.75, 3.05) is 45.9 Å². The maximum atomic E-state index is 13.0. The molecule has 0 aromatic heterocycles. The van der Waals surface area contributed by atoms with E-state index in [1.54, 1.807) is 0 Å². The summed E-state index contributed by atoms with van der Waals surface area (Å²) in [5, 5.41) is 18.3. The number of methoxy groups -OCH3 is 1. The first-order valence-corrected chi connectivity index (χ1v) is 12.3. The highest BCUT2D eigenvalue weighted by Gasteiger charge is 2.30. The Morgan fingerprint density at radius 3 is 2.54 bits per heavy atom. The fraction of sp³-hybridized carbons (Fsp3) is 0.684. The van der Waals surface area contributed by atoms with E-state index in [1.807, 2.05) is 24.3 Å². The van der Waals surface area contributed by atoms with Crippen molar-refractivity contribution in [2.45, 2.75) is 33.3 Å². The van der Waals surface area contributed by atoms with E-state index in [-0.39, 0.29) is 31.8 Å². The summed E-state index contributed by atoms with van der Waals surface area (Å²) in [6, 6.07) is 7.75. The van der Waals surface area contributed by atoms with Crippen LogP contribution in [-0.2, 0) is 24.8 Å². The number of aliphatic hydroxyl groups is 2. The number of ether oxygens (including phenoxy) is 2. The lowest BCUT2D eigenvalue weighted by Crippen LogP contribution is -2.22. The van der Waals surface area contributed by atoms with Gasteiger partial charge < -0.3 is 19.7 Å². The Morgan fingerprint density at radius 1 is 1.21 bits per heavy atom. The number of aliphatic hydroxyl groups excluding tert-OH is 2. The summed E-state index contributed by atoms with van der Waals surface area (Å²) >= 11 is 1.04. The molecule has 0 aliphatic carbocycles. The fourth-order valence-corrected chi connectivity index (χ4v) is 5.62. The number of hydrogen-bond donors (Lipinski definition) is 2. The zero-order valence-corrected chi connectivity index (χ0v) is 18.8. The minimum absolute atomic E-state index is 0.0458. The first kappa shape index (κ1) is 25.4. The van der Waals surface area contributed by atoms with Crippen LogP contribution in [0.2, 0.25) is 0 Å². The van der Waals surface area contributed by atoms with Gasteiger partial charge >= 0.3 is 6.80 Å². The largest absolute Gasteiger partial charge is 0.493 e. The second-order valence-corrected chi connectivity index (χ2v) is 11.6. The van der Waals surface area contributed by atoms with Crippen LogP contribution >= 0.6 is 18.2 Å². The number of benzene rings is 1. The van der Waals surface area contributed by atoms with Gasteiger partial charge in [-0.25, -0.2) is 4.57 Å². The molecule has 0 saturated carbocycles. The average molecular weight is 437 g/mol. The molecule has 0 aliphatic rings. The Kier molecular flexibility index (Phi) is 11.7. The van der Waals surface area contributed by atoms with Gasteiger partial charge in [-0.15, -0.1) is 0 Å². The van der Waals surface area contributed by atoms with Crippen molar-refractivity contribution >= 4 is 18.2 Å². The highest BCUT2D eigenvalue weighted by atomic mass is 32.7. The summed E-state index contributed by atoms with van der Waals surface area (Å²) in [5.74, 6) is 1.27. The molecule has 0 saturated heterocycles. The molecule has 9 heteroatoms. The van der Waals surface area contributed by atoms with Crippen LogP contribution in [0, 0.1) is 5.41 Å². The van der Waals surface area contributed by atoms with Crippen LogP contribution in [0.5, 0.6) is 5.75 Å². The third kappa shape index (κ3) is 10.3. The van der Waals surface area contributed by atoms with Crippen LogP contribution in [0.3, 0.4) is 0 Å². The van der Waals surface area contributed by atoms with E-state index >= 15 is 0 Å². The van der Waals surface area contributed by atoms with Crippen molar-refractivity contribution < 1.29 is 33.3 Å². The summed E-state index contributed by atoms with van der Waals surface area (Å²) in [4.78, 5) is 0. The Labute approximate surface area is 172 Å². The first-order chi connectivity index (χ1) is 13.2. The Bertz CT molecular complexity index is 606. The molecule has 0 aliphatic heterocycles. The third-order valence-corrected chi connectivity index (χ3v) is 7.26. The van der Waals surface area contributed by atoms with E-state index in [0.717, 1.165) is 22.7 Å². The normalized spacial score (nSPS) is 15.2. The summed E-state index contributed by atoms with van der Waals surface area (Å²) in [5.41, 5.74) is 1.05. The number of hydrogen-bond acceptors (Lipinski definition) is 8. The minimum atomic E-state index is -3.56. The minimum Gasteiger partial charge on any atom is -0.493 e. The molecular formula is C19H33O7PS. The predicted octanol–water partition coefficient (Wildman–Crippen LogP) is 3.53. The lowest BCUT2D eigenvalue weighted by Gasteiger charge is -2.23. The molecule has 2 atom stereocenters. The molecule has 1 aromatic carbocycles. The molecule has 0 fully saturated rings. The molecule has 0 bridgehead atoms. The molecule has 0 amide bonds. The summed E-state index contributed by atoms with van der Waals surface area (Å²) in [6.45, 7) is 2.72. The van der Waals surface area contributed by atoms with E-state index in [1.165, 1.54) is 7.11 Å². The Morgan fingerprint density at radius 2 is 1.93 bits per heavy atom. The van der Waals surface area contributed by atoms with E-state index in [0.29, 0.717) is 18.8 Å². The van der Waals surface area contributed by atoms with Crippen LogP contribution in [0.4, 0.5) is 0 Å². The molecule has 2 N–H and O–H groups in total. The number of aryl methyl sites for hydroxylation is 1. The van der Waals surface area contributed by atoms with E-state index in [4.69, 9.17) is 23.6 Å². The van der Waals surface area contributed by atoms with Crippen LogP contribution in [0.1, 0.15) is 26.3 Å². The van der Waals surface area contributed by atoms with Crippen molar-refractivity contribution in [3.8, 4) is 5.75 Å². The smallest absolute Gasteiger partial charge is 0.389 e. The third-order valence-electron chi connectivity index (χ3n) is 3.43. The molecule has 1 rings (SSSR count). The monoisotopic (exact) mass is 436 g/mol. The molecule has 0 spiro atoms. The summed E-state index contributed by atoms with van der Waals surface area (Å²) < 4.78 is 34.6. The van der Waals surface area contributed by atoms with Crippen molar-refractivity contribution in [1.29, 1.82) is 0 Å². The standard InChI is InChI=1S/C19H33O7PS/c1-19(2,3)15-24-18-8-6-5-7-16(18)9-12-28-27(22,25-11-10-20)26-17(13-21)14-23-4/h5-8,17,20-21H,9-15H2,1-4H3. The van der Waals surface area contributed by atoms with Gasteiger partial charge in [-0.2, -0.15) is 0 Å². The number of para-hydroxylation sites is 1. The zero-order chi connectivity index (χ0) is 21.0. The molecule has 0 radical (unpaired) electrons. The Balaban J connectivity index is 2.72. The van der Waals surface area contributed by atoms with Gasteiger partial charge in [-0.05, 0) is 34.8 Å². The predicted molar refractivity (Wildman–Crippen MR) is 112 cm³/mol. The van der Waals surface area contributed by atoms with Crippen molar-refractivity contribution in [1.82, 2.24) is 0 Å². The SMILES string of the molecule is COCC(CO)OP(=O)(OCCO)SCCc1ccccc1OCC(C)(C)C. The number of rotatable bonds is 14. The van der Waals surface area contributed by atoms with Gasteiger partial charge in [0.2, 0.25) is 0 Å². The molecule has 28 heavy (non-hydrogen) atoms. The molecule has 7 nitrogen and oxygen atoms in total. The van der Waals surface area contributed by atoms with Crippen molar-refractivity contribution in [3.63, 3.8) is 0 Å². The topological polar surface area (TPSA) is 94.5 Å². The van der Waals surface area contributed by atoms with E-state index in [9.17, 15) is 9.67 Å². The zero-order valence-electron chi connectivity index (χ0n) is 17.1. The van der Waals surface area contributed by atoms with E-state index in [2.05, 4.69) is 20.8 Å². The van der Waals surface area contributed by atoms with Crippen molar-refractivity contribution in [2.24, 2.45) is 5.41 Å². The first-order valence-electron chi connectivity index (χ1n) is 9.22. The van der Waals surface area contributed by atoms with Crippen LogP contribution < -0.4 is 4.74 Å². The lowest BCUT2D eigenvalue weighted by atomic mass is 9.98. The van der Waals surface area contributed by atoms with Gasteiger partial charge in [-0.1, -0.05) is 39.0 Å². The maximum absolute atomic E-state index is 13.0. The second-order valence-electron chi connectivity index (χ2n) is 7.41. The Hall–Kier alpha value is -0.600. The molecule has 0 heterocycles. The van der Waals surface area contributed by atoms with Gasteiger partial charge in [0, 0.05) is 12.9 Å². The molecule has 162 valence electrons. The van der Waals surface area contributed by atoms with Crippen LogP contribution in [-0.4, -0.2) is 62.2 Å². The second kappa shape index (κ2) is 12.9. The van der Waals surface area contributed by atoms with Crippen LogP contribution in [0.15, 0.2) is 24.3 Å². The average Bonchev–Trinajstić information content (AvgIpc) is 2.64. The fourth-order valence-electron chi connectivity index (χ4n) is 2.15. The summed E-state index contributed by atoms with van der Waals surface area (Å²) in [6.07, 6.45) is -0.154. The highest BCUT2D eigenvalue weighted by Crippen LogP contribution is 2.61. The van der Waals surface area contributed by atoms with Gasteiger partial charge in [0.15, 0.2) is 0 Å². The van der Waals surface area contributed by atoms with Gasteiger partial charge in [-0.3, -0.25) is 9.05 Å². The van der Waals surface area contributed by atoms with Gasteiger partial charge in [0.05, 0.1) is 33.0 Å². The summed E-state index contributed by atoms with van der Waals surface area (Å²) in [7, 11) is 1.47. The molecular weight excluding hydrogens is 403 g/mol. The van der Waals surface area contributed by atoms with Crippen LogP contribution in [0.25, 0.3) is 0 Å². The molecule has 1 aromatic rings. The lowest BCUT2D eigenvalue weighted by molar-refractivity contribution is 0.0318. The maximum Gasteiger partial charge on any atom is 0.389 e. The van der Waals surface area contributed by atoms with E-state index < -0.39 is 12.9 Å². The molecule has 2 unspecified atom stereocenters. The quantitative estimate of drug-likeness (QED) is 0.428. The highest BCUT2D eigenvalue weighted by molar-refractivity contribution is 8.55. The van der Waals surface area contributed by atoms with Gasteiger partial charge in [0.25, 0.3) is 0 Å².